The Bertz CT molecular complexity index is 400. The van der Waals surface area contributed by atoms with Gasteiger partial charge in [-0.1, -0.05) is 39.0 Å². The number of hydrogen-bond acceptors (Lipinski definition) is 4. The summed E-state index contributed by atoms with van der Waals surface area (Å²) in [5.41, 5.74) is 0. The maximum atomic E-state index is 11.8. The number of ether oxygens (including phenoxy) is 2. The summed E-state index contributed by atoms with van der Waals surface area (Å²) in [6, 6.07) is 0. The first kappa shape index (κ1) is 27.5. The smallest absolute Gasteiger partial charge is 0.306 e. The van der Waals surface area contributed by atoms with Crippen molar-refractivity contribution in [3.63, 3.8) is 0 Å². The van der Waals surface area contributed by atoms with Crippen LogP contribution >= 0.6 is 23.2 Å². The van der Waals surface area contributed by atoms with Crippen molar-refractivity contribution in [2.24, 2.45) is 0 Å². The fourth-order valence-electron chi connectivity index (χ4n) is 2.84. The summed E-state index contributed by atoms with van der Waals surface area (Å²) in [5.74, 6) is -0.270. The van der Waals surface area contributed by atoms with Crippen LogP contribution in [0.2, 0.25) is 0 Å². The molecule has 0 radical (unpaired) electrons. The zero-order valence-electron chi connectivity index (χ0n) is 18.0. The lowest BCUT2D eigenvalue weighted by molar-refractivity contribution is -0.149. The van der Waals surface area contributed by atoms with Crippen molar-refractivity contribution in [3.05, 3.63) is 0 Å². The van der Waals surface area contributed by atoms with Crippen molar-refractivity contribution >= 4 is 35.1 Å². The van der Waals surface area contributed by atoms with Gasteiger partial charge in [0.2, 0.25) is 0 Å². The molecule has 0 spiro atoms. The predicted octanol–water partition coefficient (Wildman–Crippen LogP) is 6.79. The third-order valence-electron chi connectivity index (χ3n) is 4.68. The minimum Gasteiger partial charge on any atom is -0.466 e. The quantitative estimate of drug-likeness (QED) is 0.134. The van der Waals surface area contributed by atoms with E-state index in [-0.39, 0.29) is 28.8 Å². The van der Waals surface area contributed by atoms with Gasteiger partial charge >= 0.3 is 11.9 Å². The molecule has 0 aromatic rings. The lowest BCUT2D eigenvalue weighted by Crippen LogP contribution is -2.18. The van der Waals surface area contributed by atoms with Crippen molar-refractivity contribution in [3.8, 4) is 0 Å². The molecular formula is C22H40Cl2O4. The third kappa shape index (κ3) is 18.9. The van der Waals surface area contributed by atoms with Crippen LogP contribution in [0.25, 0.3) is 0 Å². The van der Waals surface area contributed by atoms with Gasteiger partial charge in [-0.2, -0.15) is 0 Å². The first-order chi connectivity index (χ1) is 13.3. The fourth-order valence-corrected chi connectivity index (χ4v) is 3.06. The molecule has 0 rings (SSSR count). The first-order valence-corrected chi connectivity index (χ1v) is 11.9. The van der Waals surface area contributed by atoms with Gasteiger partial charge in [-0.15, -0.1) is 23.2 Å². The Labute approximate surface area is 182 Å². The molecule has 0 bridgehead atoms. The number of esters is 2. The van der Waals surface area contributed by atoms with E-state index in [1.165, 1.54) is 25.7 Å². The molecule has 0 aliphatic rings. The summed E-state index contributed by atoms with van der Waals surface area (Å²) in [5, 5.41) is 0.0336. The second-order valence-electron chi connectivity index (χ2n) is 7.64. The van der Waals surface area contributed by atoms with E-state index in [0.717, 1.165) is 32.1 Å². The molecule has 28 heavy (non-hydrogen) atoms. The zero-order valence-corrected chi connectivity index (χ0v) is 19.5. The SMILES string of the molecule is CCC(CCCCCCCCCOC(=O)CCC(C)Cl)OC(=O)CCC(C)Cl. The molecule has 0 amide bonds. The Kier molecular flexibility index (Phi) is 18.2. The molecule has 0 N–H and O–H groups in total. The Morgan fingerprint density at radius 2 is 1.25 bits per heavy atom. The average Bonchev–Trinajstić information content (AvgIpc) is 2.65. The number of hydrogen-bond donors (Lipinski definition) is 0. The second kappa shape index (κ2) is 18.5. The van der Waals surface area contributed by atoms with Gasteiger partial charge in [0.15, 0.2) is 0 Å². The largest absolute Gasteiger partial charge is 0.466 e. The van der Waals surface area contributed by atoms with E-state index >= 15 is 0 Å². The highest BCUT2D eigenvalue weighted by molar-refractivity contribution is 6.20. The van der Waals surface area contributed by atoms with Gasteiger partial charge in [-0.25, -0.2) is 0 Å². The molecule has 6 heteroatoms. The first-order valence-electron chi connectivity index (χ1n) is 11.0. The molecule has 3 unspecified atom stereocenters. The number of halogens is 2. The summed E-state index contributed by atoms with van der Waals surface area (Å²) in [7, 11) is 0. The molecule has 0 aromatic heterocycles. The molecule has 166 valence electrons. The molecule has 0 aliphatic carbocycles. The minimum absolute atomic E-state index is 0.0133. The standard InChI is InChI=1S/C22H40Cl2O4/c1-4-20(28-22(26)16-14-19(3)24)12-10-8-6-5-7-9-11-17-27-21(25)15-13-18(2)23/h18-20H,4-17H2,1-3H3. The van der Waals surface area contributed by atoms with Crippen molar-refractivity contribution in [2.75, 3.05) is 6.61 Å². The van der Waals surface area contributed by atoms with Crippen molar-refractivity contribution < 1.29 is 19.1 Å². The normalized spacial score (nSPS) is 14.3. The molecule has 0 saturated carbocycles. The van der Waals surface area contributed by atoms with E-state index in [4.69, 9.17) is 32.7 Å². The lowest BCUT2D eigenvalue weighted by Gasteiger charge is -2.16. The van der Waals surface area contributed by atoms with Crippen LogP contribution in [0.5, 0.6) is 0 Å². The molecule has 0 heterocycles. The van der Waals surface area contributed by atoms with Crippen molar-refractivity contribution in [2.45, 2.75) is 121 Å². The summed E-state index contributed by atoms with van der Waals surface area (Å²) in [6.07, 6.45) is 11.8. The molecule has 4 nitrogen and oxygen atoms in total. The topological polar surface area (TPSA) is 52.6 Å². The van der Waals surface area contributed by atoms with Gasteiger partial charge in [-0.05, 0) is 52.4 Å². The monoisotopic (exact) mass is 438 g/mol. The van der Waals surface area contributed by atoms with Crippen LogP contribution in [-0.2, 0) is 19.1 Å². The Morgan fingerprint density at radius 1 is 0.750 bits per heavy atom. The number of carbonyl (C=O) groups is 2. The van der Waals surface area contributed by atoms with E-state index in [1.54, 1.807) is 0 Å². The van der Waals surface area contributed by atoms with Crippen molar-refractivity contribution in [1.29, 1.82) is 0 Å². The van der Waals surface area contributed by atoms with Crippen LogP contribution in [0.3, 0.4) is 0 Å². The molecular weight excluding hydrogens is 399 g/mol. The lowest BCUT2D eigenvalue weighted by atomic mass is 10.1. The zero-order chi connectivity index (χ0) is 21.2. The highest BCUT2D eigenvalue weighted by Crippen LogP contribution is 2.15. The number of carbonyl (C=O) groups excluding carboxylic acids is 2. The molecule has 0 saturated heterocycles. The van der Waals surface area contributed by atoms with E-state index < -0.39 is 0 Å². The van der Waals surface area contributed by atoms with E-state index in [9.17, 15) is 9.59 Å². The van der Waals surface area contributed by atoms with Crippen LogP contribution in [0.1, 0.15) is 104 Å². The second-order valence-corrected chi connectivity index (χ2v) is 9.13. The van der Waals surface area contributed by atoms with Crippen LogP contribution in [0.15, 0.2) is 0 Å². The number of rotatable bonds is 18. The highest BCUT2D eigenvalue weighted by Gasteiger charge is 2.13. The van der Waals surface area contributed by atoms with Gasteiger partial charge in [0, 0.05) is 23.6 Å². The van der Waals surface area contributed by atoms with E-state index in [0.29, 0.717) is 32.3 Å². The Balaban J connectivity index is 3.50. The minimum atomic E-state index is -0.143. The highest BCUT2D eigenvalue weighted by atomic mass is 35.5. The predicted molar refractivity (Wildman–Crippen MR) is 117 cm³/mol. The number of alkyl halides is 2. The molecule has 0 fully saturated rings. The maximum absolute atomic E-state index is 11.8. The summed E-state index contributed by atoms with van der Waals surface area (Å²) in [4.78, 5) is 23.2. The molecule has 0 aliphatic heterocycles. The summed E-state index contributed by atoms with van der Waals surface area (Å²) in [6.45, 7) is 6.35. The van der Waals surface area contributed by atoms with Gasteiger partial charge < -0.3 is 9.47 Å². The summed E-state index contributed by atoms with van der Waals surface area (Å²) < 4.78 is 10.7. The Hall–Kier alpha value is -0.480. The van der Waals surface area contributed by atoms with Gasteiger partial charge in [0.1, 0.15) is 6.10 Å². The van der Waals surface area contributed by atoms with E-state index in [1.807, 2.05) is 13.8 Å². The third-order valence-corrected chi connectivity index (χ3v) is 5.12. The number of unbranched alkanes of at least 4 members (excludes halogenated alkanes) is 6. The fraction of sp³-hybridized carbons (Fsp3) is 0.909. The van der Waals surface area contributed by atoms with Crippen LogP contribution < -0.4 is 0 Å². The van der Waals surface area contributed by atoms with Crippen LogP contribution in [0, 0.1) is 0 Å². The van der Waals surface area contributed by atoms with Crippen molar-refractivity contribution in [1.82, 2.24) is 0 Å². The van der Waals surface area contributed by atoms with Gasteiger partial charge in [0.25, 0.3) is 0 Å². The summed E-state index contributed by atoms with van der Waals surface area (Å²) >= 11 is 11.7. The van der Waals surface area contributed by atoms with Crippen LogP contribution in [-0.4, -0.2) is 35.4 Å². The molecule has 3 atom stereocenters. The van der Waals surface area contributed by atoms with Gasteiger partial charge in [-0.3, -0.25) is 9.59 Å². The molecule has 0 aromatic carbocycles. The van der Waals surface area contributed by atoms with E-state index in [2.05, 4.69) is 6.92 Å². The van der Waals surface area contributed by atoms with Crippen LogP contribution in [0.4, 0.5) is 0 Å². The Morgan fingerprint density at radius 3 is 1.79 bits per heavy atom. The van der Waals surface area contributed by atoms with Gasteiger partial charge in [0.05, 0.1) is 6.61 Å². The maximum Gasteiger partial charge on any atom is 0.306 e. The average molecular weight is 439 g/mol.